The highest BCUT2D eigenvalue weighted by Crippen LogP contribution is 2.18. The first-order valence-corrected chi connectivity index (χ1v) is 7.80. The van der Waals surface area contributed by atoms with Gasteiger partial charge in [-0.1, -0.05) is 30.3 Å². The summed E-state index contributed by atoms with van der Waals surface area (Å²) in [6.07, 6.45) is 2.58. The van der Waals surface area contributed by atoms with Crippen LogP contribution in [-0.4, -0.2) is 40.6 Å². The number of benzene rings is 1. The maximum Gasteiger partial charge on any atom is 0.265 e. The van der Waals surface area contributed by atoms with Gasteiger partial charge in [0.15, 0.2) is 0 Å². The molecule has 1 amide bonds. The third-order valence-electron chi connectivity index (χ3n) is 3.19. The van der Waals surface area contributed by atoms with Gasteiger partial charge < -0.3 is 10.0 Å². The molecule has 0 saturated carbocycles. The molecule has 0 radical (unpaired) electrons. The summed E-state index contributed by atoms with van der Waals surface area (Å²) in [6.45, 7) is 2.27. The largest absolute Gasteiger partial charge is 0.393 e. The molecule has 1 unspecified atom stereocenters. The van der Waals surface area contributed by atoms with Crippen molar-refractivity contribution in [3.63, 3.8) is 0 Å². The van der Waals surface area contributed by atoms with Crippen LogP contribution >= 0.6 is 11.3 Å². The number of aliphatic hydroxyl groups is 1. The number of nitrogens with zero attached hydrogens (tertiary/aromatic N) is 2. The molecule has 1 atom stereocenters. The van der Waals surface area contributed by atoms with E-state index in [2.05, 4.69) is 17.1 Å². The molecule has 4 nitrogen and oxygen atoms in total. The number of carbonyl (C=O) groups excluding carboxylic acids is 1. The Morgan fingerprint density at radius 1 is 1.38 bits per heavy atom. The molecule has 1 N–H and O–H groups in total. The maximum absolute atomic E-state index is 12.2. The Morgan fingerprint density at radius 2 is 2.10 bits per heavy atom. The van der Waals surface area contributed by atoms with Crippen LogP contribution in [0.3, 0.4) is 0 Å². The van der Waals surface area contributed by atoms with Gasteiger partial charge in [0.2, 0.25) is 0 Å². The van der Waals surface area contributed by atoms with Crippen molar-refractivity contribution in [1.29, 1.82) is 0 Å². The first kappa shape index (κ1) is 15.7. The van der Waals surface area contributed by atoms with Gasteiger partial charge in [0.05, 0.1) is 17.3 Å². The fourth-order valence-electron chi connectivity index (χ4n) is 1.93. The molecule has 1 heterocycles. The summed E-state index contributed by atoms with van der Waals surface area (Å²) in [5.41, 5.74) is 1.19. The minimum absolute atomic E-state index is 0.0348. The summed E-state index contributed by atoms with van der Waals surface area (Å²) < 4.78 is 0. The summed E-state index contributed by atoms with van der Waals surface area (Å²) in [5.74, 6) is -0.0348. The van der Waals surface area contributed by atoms with Crippen molar-refractivity contribution in [3.05, 3.63) is 52.0 Å². The molecule has 0 spiro atoms. The average molecular weight is 304 g/mol. The molecule has 0 aliphatic heterocycles. The molecule has 5 heteroatoms. The van der Waals surface area contributed by atoms with Gasteiger partial charge in [-0.3, -0.25) is 4.79 Å². The number of carbonyl (C=O) groups is 1. The molecule has 1 aromatic heterocycles. The number of aromatic nitrogens is 1. The second-order valence-electron chi connectivity index (χ2n) is 5.15. The SMILES string of the molecule is CC(O)CCN(C)C(=O)c1cnc(Cc2ccccc2)s1. The maximum atomic E-state index is 12.2. The molecule has 2 aromatic rings. The summed E-state index contributed by atoms with van der Waals surface area (Å²) in [4.78, 5) is 18.8. The van der Waals surface area contributed by atoms with Crippen LogP contribution in [0.2, 0.25) is 0 Å². The van der Waals surface area contributed by atoms with Gasteiger partial charge in [0.25, 0.3) is 5.91 Å². The second-order valence-corrected chi connectivity index (χ2v) is 6.26. The Hall–Kier alpha value is -1.72. The van der Waals surface area contributed by atoms with E-state index >= 15 is 0 Å². The van der Waals surface area contributed by atoms with Crippen molar-refractivity contribution in [2.45, 2.75) is 25.9 Å². The summed E-state index contributed by atoms with van der Waals surface area (Å²) in [6, 6.07) is 10.1. The van der Waals surface area contributed by atoms with Crippen LogP contribution in [0.25, 0.3) is 0 Å². The van der Waals surface area contributed by atoms with Gasteiger partial charge in [0, 0.05) is 20.0 Å². The Labute approximate surface area is 129 Å². The molecule has 0 aliphatic rings. The van der Waals surface area contributed by atoms with Crippen LogP contribution in [0.15, 0.2) is 36.5 Å². The zero-order valence-corrected chi connectivity index (χ0v) is 13.1. The van der Waals surface area contributed by atoms with E-state index in [0.717, 1.165) is 11.4 Å². The number of thiazole rings is 1. The molecular formula is C16H20N2O2S. The van der Waals surface area contributed by atoms with E-state index in [1.807, 2.05) is 18.2 Å². The lowest BCUT2D eigenvalue weighted by molar-refractivity contribution is 0.0773. The van der Waals surface area contributed by atoms with Crippen LogP contribution in [0.4, 0.5) is 0 Å². The normalized spacial score (nSPS) is 12.1. The minimum Gasteiger partial charge on any atom is -0.393 e. The molecule has 112 valence electrons. The lowest BCUT2D eigenvalue weighted by atomic mass is 10.2. The van der Waals surface area contributed by atoms with Crippen molar-refractivity contribution in [1.82, 2.24) is 9.88 Å². The smallest absolute Gasteiger partial charge is 0.265 e. The first-order chi connectivity index (χ1) is 10.1. The van der Waals surface area contributed by atoms with E-state index in [9.17, 15) is 9.90 Å². The van der Waals surface area contributed by atoms with E-state index < -0.39 is 6.10 Å². The molecule has 21 heavy (non-hydrogen) atoms. The number of aliphatic hydroxyl groups excluding tert-OH is 1. The molecule has 0 aliphatic carbocycles. The van der Waals surface area contributed by atoms with E-state index in [0.29, 0.717) is 17.8 Å². The highest BCUT2D eigenvalue weighted by atomic mass is 32.1. The van der Waals surface area contributed by atoms with E-state index in [1.165, 1.54) is 16.9 Å². The van der Waals surface area contributed by atoms with Gasteiger partial charge in [-0.05, 0) is 18.9 Å². The molecule has 0 saturated heterocycles. The monoisotopic (exact) mass is 304 g/mol. The predicted molar refractivity (Wildman–Crippen MR) is 84.6 cm³/mol. The van der Waals surface area contributed by atoms with Crippen molar-refractivity contribution >= 4 is 17.2 Å². The third-order valence-corrected chi connectivity index (χ3v) is 4.18. The number of amides is 1. The highest BCUT2D eigenvalue weighted by molar-refractivity contribution is 7.13. The Bertz CT molecular complexity index is 581. The van der Waals surface area contributed by atoms with E-state index in [4.69, 9.17) is 0 Å². The summed E-state index contributed by atoms with van der Waals surface area (Å²) in [5, 5.41) is 10.2. The average Bonchev–Trinajstić information content (AvgIpc) is 2.93. The number of rotatable bonds is 6. The number of hydrogen-bond donors (Lipinski definition) is 1. The van der Waals surface area contributed by atoms with Crippen molar-refractivity contribution in [2.75, 3.05) is 13.6 Å². The van der Waals surface area contributed by atoms with Crippen LogP contribution < -0.4 is 0 Å². The predicted octanol–water partition coefficient (Wildman–Crippen LogP) is 2.58. The Kier molecular flexibility index (Phi) is 5.47. The molecule has 1 aromatic carbocycles. The molecule has 0 bridgehead atoms. The van der Waals surface area contributed by atoms with Crippen LogP contribution in [-0.2, 0) is 6.42 Å². The lowest BCUT2D eigenvalue weighted by Gasteiger charge is -2.16. The number of hydrogen-bond acceptors (Lipinski definition) is 4. The second kappa shape index (κ2) is 7.33. The van der Waals surface area contributed by atoms with Crippen molar-refractivity contribution < 1.29 is 9.90 Å². The van der Waals surface area contributed by atoms with Crippen LogP contribution in [0.5, 0.6) is 0 Å². The molecular weight excluding hydrogens is 284 g/mol. The Balaban J connectivity index is 1.97. The quantitative estimate of drug-likeness (QED) is 0.892. The standard InChI is InChI=1S/C16H20N2O2S/c1-12(19)8-9-18(2)16(20)14-11-17-15(21-14)10-13-6-4-3-5-7-13/h3-7,11-12,19H,8-10H2,1-2H3. The van der Waals surface area contributed by atoms with E-state index in [1.54, 1.807) is 25.1 Å². The van der Waals surface area contributed by atoms with Gasteiger partial charge >= 0.3 is 0 Å². The van der Waals surface area contributed by atoms with Gasteiger partial charge in [0.1, 0.15) is 4.88 Å². The topological polar surface area (TPSA) is 53.4 Å². The summed E-state index contributed by atoms with van der Waals surface area (Å²) in [7, 11) is 1.75. The lowest BCUT2D eigenvalue weighted by Crippen LogP contribution is -2.28. The third kappa shape index (κ3) is 4.65. The fraction of sp³-hybridized carbons (Fsp3) is 0.375. The van der Waals surface area contributed by atoms with Gasteiger partial charge in [-0.2, -0.15) is 0 Å². The fourth-order valence-corrected chi connectivity index (χ4v) is 2.88. The van der Waals surface area contributed by atoms with Crippen molar-refractivity contribution in [2.24, 2.45) is 0 Å². The van der Waals surface area contributed by atoms with Crippen LogP contribution in [0, 0.1) is 0 Å². The zero-order valence-electron chi connectivity index (χ0n) is 12.3. The molecule has 0 fully saturated rings. The minimum atomic E-state index is -0.393. The van der Waals surface area contributed by atoms with Gasteiger partial charge in [-0.15, -0.1) is 11.3 Å². The van der Waals surface area contributed by atoms with Gasteiger partial charge in [-0.25, -0.2) is 4.98 Å². The van der Waals surface area contributed by atoms with Crippen LogP contribution in [0.1, 0.15) is 33.6 Å². The first-order valence-electron chi connectivity index (χ1n) is 6.98. The Morgan fingerprint density at radius 3 is 2.76 bits per heavy atom. The zero-order chi connectivity index (χ0) is 15.2. The van der Waals surface area contributed by atoms with Crippen molar-refractivity contribution in [3.8, 4) is 0 Å². The highest BCUT2D eigenvalue weighted by Gasteiger charge is 2.15. The van der Waals surface area contributed by atoms with E-state index in [-0.39, 0.29) is 5.91 Å². The summed E-state index contributed by atoms with van der Waals surface area (Å²) >= 11 is 1.43. The molecule has 2 rings (SSSR count).